The summed E-state index contributed by atoms with van der Waals surface area (Å²) in [6.45, 7) is 1.62. The van der Waals surface area contributed by atoms with Crippen LogP contribution in [0.15, 0.2) is 36.8 Å². The van der Waals surface area contributed by atoms with E-state index in [-0.39, 0.29) is 43.2 Å². The van der Waals surface area contributed by atoms with E-state index >= 15 is 0 Å². The number of imidazole rings is 1. The Labute approximate surface area is 162 Å². The summed E-state index contributed by atoms with van der Waals surface area (Å²) >= 11 is 0. The van der Waals surface area contributed by atoms with Crippen molar-refractivity contribution < 1.29 is 18.7 Å². The van der Waals surface area contributed by atoms with Crippen LogP contribution in [0.4, 0.5) is 4.39 Å². The third-order valence-corrected chi connectivity index (χ3v) is 5.49. The second kappa shape index (κ2) is 7.71. The van der Waals surface area contributed by atoms with Gasteiger partial charge in [-0.2, -0.15) is 0 Å². The normalized spacial score (nSPS) is 20.6. The first kappa shape index (κ1) is 18.6. The highest BCUT2D eigenvalue weighted by Crippen LogP contribution is 2.36. The highest BCUT2D eigenvalue weighted by atomic mass is 19.1. The molecule has 2 aliphatic heterocycles. The van der Waals surface area contributed by atoms with Gasteiger partial charge in [-0.05, 0) is 30.9 Å². The maximum Gasteiger partial charge on any atom is 0.271 e. The zero-order valence-corrected chi connectivity index (χ0v) is 15.5. The van der Waals surface area contributed by atoms with Gasteiger partial charge in [0.1, 0.15) is 11.5 Å². The molecule has 1 unspecified atom stereocenters. The van der Waals surface area contributed by atoms with Crippen LogP contribution in [-0.4, -0.2) is 59.0 Å². The van der Waals surface area contributed by atoms with Crippen LogP contribution in [-0.2, 0) is 16.0 Å². The van der Waals surface area contributed by atoms with Crippen molar-refractivity contribution >= 4 is 11.8 Å². The predicted molar refractivity (Wildman–Crippen MR) is 99.0 cm³/mol. The summed E-state index contributed by atoms with van der Waals surface area (Å²) in [5.41, 5.74) is -0.00103. The van der Waals surface area contributed by atoms with Gasteiger partial charge in [-0.25, -0.2) is 9.37 Å². The molecule has 2 fully saturated rings. The third kappa shape index (κ3) is 3.64. The molecular formula is C20H23FN4O3. The van der Waals surface area contributed by atoms with E-state index in [4.69, 9.17) is 4.74 Å². The molecule has 148 valence electrons. The average molecular weight is 386 g/mol. The van der Waals surface area contributed by atoms with E-state index in [0.717, 1.165) is 12.8 Å². The maximum atomic E-state index is 14.2. The Balaban J connectivity index is 1.48. The molecule has 4 rings (SSSR count). The number of amides is 2. The standard InChI is InChI=1S/C20H23FN4O3/c21-16-6-2-1-4-14(16)8-20(19(27)23-9-15-5-3-7-28-15)11-25(12-20)18(26)17-10-22-13-24-17/h1-2,4,6,10,13,15H,3,5,7-9,11-12H2,(H,22,24)(H,23,27). The summed E-state index contributed by atoms with van der Waals surface area (Å²) in [7, 11) is 0. The molecule has 1 aromatic carbocycles. The number of carbonyl (C=O) groups excluding carboxylic acids is 2. The Bertz CT molecular complexity index is 843. The largest absolute Gasteiger partial charge is 0.376 e. The Hall–Kier alpha value is -2.74. The molecule has 1 aromatic heterocycles. The maximum absolute atomic E-state index is 14.2. The molecule has 28 heavy (non-hydrogen) atoms. The Morgan fingerprint density at radius 3 is 2.86 bits per heavy atom. The van der Waals surface area contributed by atoms with Gasteiger partial charge < -0.3 is 19.9 Å². The van der Waals surface area contributed by atoms with Gasteiger partial charge in [-0.15, -0.1) is 0 Å². The molecule has 3 heterocycles. The molecule has 2 N–H and O–H groups in total. The van der Waals surface area contributed by atoms with E-state index in [1.54, 1.807) is 23.1 Å². The number of hydrogen-bond acceptors (Lipinski definition) is 4. The third-order valence-electron chi connectivity index (χ3n) is 5.49. The van der Waals surface area contributed by atoms with Crippen molar-refractivity contribution in [2.75, 3.05) is 26.2 Å². The number of likely N-dealkylation sites (tertiary alicyclic amines) is 1. The van der Waals surface area contributed by atoms with Crippen molar-refractivity contribution in [3.05, 3.63) is 53.9 Å². The molecule has 0 radical (unpaired) electrons. The van der Waals surface area contributed by atoms with Crippen LogP contribution in [0.25, 0.3) is 0 Å². The zero-order chi connectivity index (χ0) is 19.6. The Morgan fingerprint density at radius 2 is 2.18 bits per heavy atom. The van der Waals surface area contributed by atoms with Crippen LogP contribution in [0.2, 0.25) is 0 Å². The number of benzene rings is 1. The van der Waals surface area contributed by atoms with Crippen molar-refractivity contribution in [1.29, 1.82) is 0 Å². The molecule has 2 aromatic rings. The number of nitrogens with zero attached hydrogens (tertiary/aromatic N) is 2. The fourth-order valence-electron chi connectivity index (χ4n) is 3.91. The summed E-state index contributed by atoms with van der Waals surface area (Å²) in [4.78, 5) is 33.8. The monoisotopic (exact) mass is 386 g/mol. The quantitative estimate of drug-likeness (QED) is 0.788. The second-order valence-electron chi connectivity index (χ2n) is 7.52. The molecule has 0 spiro atoms. The minimum absolute atomic E-state index is 0.0252. The van der Waals surface area contributed by atoms with Gasteiger partial charge in [-0.1, -0.05) is 18.2 Å². The lowest BCUT2D eigenvalue weighted by Gasteiger charge is -2.48. The topological polar surface area (TPSA) is 87.3 Å². The predicted octanol–water partition coefficient (Wildman–Crippen LogP) is 1.53. The second-order valence-corrected chi connectivity index (χ2v) is 7.52. The van der Waals surface area contributed by atoms with Crippen molar-refractivity contribution in [1.82, 2.24) is 20.2 Å². The van der Waals surface area contributed by atoms with Crippen LogP contribution < -0.4 is 5.32 Å². The number of rotatable bonds is 6. The fraction of sp³-hybridized carbons (Fsp3) is 0.450. The van der Waals surface area contributed by atoms with Gasteiger partial charge in [-0.3, -0.25) is 9.59 Å². The highest BCUT2D eigenvalue weighted by Gasteiger charge is 2.51. The first-order chi connectivity index (χ1) is 13.6. The fourth-order valence-corrected chi connectivity index (χ4v) is 3.91. The molecule has 2 amide bonds. The number of carbonyl (C=O) groups is 2. The molecule has 2 aliphatic rings. The molecular weight excluding hydrogens is 363 g/mol. The van der Waals surface area contributed by atoms with E-state index in [2.05, 4.69) is 15.3 Å². The number of nitrogens with one attached hydrogen (secondary N) is 2. The summed E-state index contributed by atoms with van der Waals surface area (Å²) in [6, 6.07) is 6.45. The number of aromatic amines is 1. The number of hydrogen-bond donors (Lipinski definition) is 2. The van der Waals surface area contributed by atoms with Crippen molar-refractivity contribution in [3.8, 4) is 0 Å². The van der Waals surface area contributed by atoms with E-state index in [1.807, 2.05) is 0 Å². The molecule has 0 bridgehead atoms. The summed E-state index contributed by atoms with van der Waals surface area (Å²) < 4.78 is 19.8. The number of H-pyrrole nitrogens is 1. The summed E-state index contributed by atoms with van der Waals surface area (Å²) in [5, 5.41) is 2.96. The number of aromatic nitrogens is 2. The van der Waals surface area contributed by atoms with Crippen molar-refractivity contribution in [3.63, 3.8) is 0 Å². The van der Waals surface area contributed by atoms with Gasteiger partial charge in [0.2, 0.25) is 5.91 Å². The van der Waals surface area contributed by atoms with Crippen molar-refractivity contribution in [2.45, 2.75) is 25.4 Å². The number of ether oxygens (including phenoxy) is 1. The lowest BCUT2D eigenvalue weighted by molar-refractivity contribution is -0.139. The van der Waals surface area contributed by atoms with E-state index in [0.29, 0.717) is 24.4 Å². The minimum Gasteiger partial charge on any atom is -0.376 e. The van der Waals surface area contributed by atoms with E-state index < -0.39 is 5.41 Å². The van der Waals surface area contributed by atoms with Crippen molar-refractivity contribution in [2.24, 2.45) is 5.41 Å². The lowest BCUT2D eigenvalue weighted by Crippen LogP contribution is -2.66. The highest BCUT2D eigenvalue weighted by molar-refractivity contribution is 5.95. The average Bonchev–Trinajstić information content (AvgIpc) is 3.37. The summed E-state index contributed by atoms with van der Waals surface area (Å²) in [6.07, 6.45) is 5.07. The van der Waals surface area contributed by atoms with E-state index in [1.165, 1.54) is 18.6 Å². The van der Waals surface area contributed by atoms with E-state index in [9.17, 15) is 14.0 Å². The molecule has 0 aliphatic carbocycles. The number of halogens is 1. The van der Waals surface area contributed by atoms with Crippen LogP contribution in [0.3, 0.4) is 0 Å². The first-order valence-corrected chi connectivity index (χ1v) is 9.48. The Kier molecular flexibility index (Phi) is 5.13. The SMILES string of the molecule is O=C(c1cnc[nH]1)N1CC(Cc2ccccc2F)(C(=O)NCC2CCCO2)C1. The Morgan fingerprint density at radius 1 is 1.36 bits per heavy atom. The molecule has 7 nitrogen and oxygen atoms in total. The van der Waals surface area contributed by atoms with Gasteiger partial charge in [0.05, 0.1) is 24.0 Å². The van der Waals surface area contributed by atoms with Gasteiger partial charge in [0.15, 0.2) is 0 Å². The molecule has 2 saturated heterocycles. The zero-order valence-electron chi connectivity index (χ0n) is 15.5. The van der Waals surface area contributed by atoms with Gasteiger partial charge in [0, 0.05) is 26.2 Å². The molecule has 8 heteroatoms. The smallest absolute Gasteiger partial charge is 0.271 e. The van der Waals surface area contributed by atoms with Gasteiger partial charge in [0.25, 0.3) is 5.91 Å². The van der Waals surface area contributed by atoms with Crippen LogP contribution >= 0.6 is 0 Å². The van der Waals surface area contributed by atoms with Crippen LogP contribution in [0.1, 0.15) is 28.9 Å². The summed E-state index contributed by atoms with van der Waals surface area (Å²) in [5.74, 6) is -0.722. The molecule has 0 saturated carbocycles. The van der Waals surface area contributed by atoms with Crippen LogP contribution in [0.5, 0.6) is 0 Å². The first-order valence-electron chi connectivity index (χ1n) is 9.48. The van der Waals surface area contributed by atoms with Crippen LogP contribution in [0, 0.1) is 11.2 Å². The van der Waals surface area contributed by atoms with Gasteiger partial charge >= 0.3 is 0 Å². The molecule has 1 atom stereocenters. The lowest BCUT2D eigenvalue weighted by atomic mass is 9.73. The minimum atomic E-state index is -0.851.